The molecule has 0 aromatic heterocycles. The molecule has 3 aliphatic rings. The molecule has 0 bridgehead atoms. The largest absolute Gasteiger partial charge is 0.457 e. The predicted molar refractivity (Wildman–Crippen MR) is 143 cm³/mol. The highest BCUT2D eigenvalue weighted by Crippen LogP contribution is 2.42. The van der Waals surface area contributed by atoms with Crippen LogP contribution in [0, 0.1) is 5.92 Å². The molecule has 1 saturated heterocycles. The molecular weight excluding hydrogens is 448 g/mol. The zero-order valence-corrected chi connectivity index (χ0v) is 21.6. The first-order valence-electron chi connectivity index (χ1n) is 14.2. The van der Waals surface area contributed by atoms with Gasteiger partial charge in [0.2, 0.25) is 5.91 Å². The molecule has 194 valence electrons. The lowest BCUT2D eigenvalue weighted by atomic mass is 9.72. The van der Waals surface area contributed by atoms with Crippen LogP contribution in [0.1, 0.15) is 75.7 Å². The molecule has 2 aromatic rings. The number of carbonyl (C=O) groups is 1. The first kappa shape index (κ1) is 25.3. The molecule has 36 heavy (non-hydrogen) atoms. The van der Waals surface area contributed by atoms with Crippen molar-refractivity contribution in [3.05, 3.63) is 60.2 Å². The Hall–Kier alpha value is -2.37. The van der Waals surface area contributed by atoms with Gasteiger partial charge in [-0.2, -0.15) is 0 Å². The second kappa shape index (κ2) is 11.8. The van der Waals surface area contributed by atoms with Gasteiger partial charge in [-0.1, -0.05) is 68.9 Å². The number of rotatable bonds is 7. The Kier molecular flexibility index (Phi) is 8.28. The third-order valence-corrected chi connectivity index (χ3v) is 8.60. The van der Waals surface area contributed by atoms with E-state index in [0.29, 0.717) is 18.6 Å². The Morgan fingerprint density at radius 1 is 0.861 bits per heavy atom. The fraction of sp³-hybridized carbons (Fsp3) is 0.581. The van der Waals surface area contributed by atoms with Gasteiger partial charge >= 0.3 is 0 Å². The van der Waals surface area contributed by atoms with Crippen LogP contribution in [0.15, 0.2) is 54.6 Å². The number of carbonyl (C=O) groups excluding carboxylic acids is 1. The summed E-state index contributed by atoms with van der Waals surface area (Å²) in [6.07, 6.45) is 11.3. The maximum Gasteiger partial charge on any atom is 0.233 e. The molecular formula is C31H42N2O3. The lowest BCUT2D eigenvalue weighted by Gasteiger charge is -2.43. The van der Waals surface area contributed by atoms with Crippen molar-refractivity contribution < 1.29 is 14.6 Å². The molecule has 1 amide bonds. The van der Waals surface area contributed by atoms with Crippen molar-refractivity contribution >= 4 is 5.91 Å². The van der Waals surface area contributed by atoms with Crippen LogP contribution in [0.25, 0.3) is 0 Å². The van der Waals surface area contributed by atoms with E-state index in [-0.39, 0.29) is 5.91 Å². The topological polar surface area (TPSA) is 53.0 Å². The highest BCUT2D eigenvalue weighted by Gasteiger charge is 2.45. The van der Waals surface area contributed by atoms with E-state index in [1.54, 1.807) is 0 Å². The Labute approximate surface area is 216 Å². The van der Waals surface area contributed by atoms with Crippen molar-refractivity contribution in [3.63, 3.8) is 0 Å². The second-order valence-electron chi connectivity index (χ2n) is 11.2. The Morgan fingerprint density at radius 3 is 2.25 bits per heavy atom. The summed E-state index contributed by atoms with van der Waals surface area (Å²) in [6.45, 7) is 4.54. The van der Waals surface area contributed by atoms with Crippen LogP contribution in [0.4, 0.5) is 0 Å². The van der Waals surface area contributed by atoms with Crippen molar-refractivity contribution in [2.24, 2.45) is 5.92 Å². The number of aliphatic hydroxyl groups is 1. The number of piperazine rings is 1. The molecule has 5 rings (SSSR count). The van der Waals surface area contributed by atoms with Gasteiger partial charge in [-0.15, -0.1) is 0 Å². The smallest absolute Gasteiger partial charge is 0.233 e. The zero-order chi connectivity index (χ0) is 24.8. The summed E-state index contributed by atoms with van der Waals surface area (Å²) in [6, 6.07) is 17.5. The van der Waals surface area contributed by atoms with Crippen LogP contribution in [0.2, 0.25) is 0 Å². The fourth-order valence-electron chi connectivity index (χ4n) is 6.59. The average molecular weight is 491 g/mol. The van der Waals surface area contributed by atoms with Crippen molar-refractivity contribution in [1.82, 2.24) is 9.80 Å². The molecule has 1 aliphatic heterocycles. The molecule has 0 spiro atoms. The first-order valence-corrected chi connectivity index (χ1v) is 14.2. The van der Waals surface area contributed by atoms with E-state index in [4.69, 9.17) is 4.74 Å². The van der Waals surface area contributed by atoms with Crippen LogP contribution in [0.3, 0.4) is 0 Å². The van der Waals surface area contributed by atoms with E-state index in [9.17, 15) is 9.90 Å². The van der Waals surface area contributed by atoms with E-state index in [1.807, 2.05) is 59.5 Å². The van der Waals surface area contributed by atoms with Crippen molar-refractivity contribution in [3.8, 4) is 11.5 Å². The van der Waals surface area contributed by atoms with Gasteiger partial charge in [-0.05, 0) is 61.4 Å². The van der Waals surface area contributed by atoms with Gasteiger partial charge in [0.15, 0.2) is 0 Å². The molecule has 0 radical (unpaired) electrons. The van der Waals surface area contributed by atoms with Gasteiger partial charge in [0.25, 0.3) is 0 Å². The monoisotopic (exact) mass is 490 g/mol. The predicted octanol–water partition coefficient (Wildman–Crippen LogP) is 5.98. The average Bonchev–Trinajstić information content (AvgIpc) is 2.91. The van der Waals surface area contributed by atoms with E-state index in [2.05, 4.69) is 4.90 Å². The number of amides is 1. The summed E-state index contributed by atoms with van der Waals surface area (Å²) in [5, 5.41) is 11.8. The highest BCUT2D eigenvalue weighted by atomic mass is 16.5. The quantitative estimate of drug-likeness (QED) is 0.519. The molecule has 1 N–H and O–H groups in total. The minimum absolute atomic E-state index is 0.0774. The summed E-state index contributed by atoms with van der Waals surface area (Å²) in [4.78, 5) is 18.6. The second-order valence-corrected chi connectivity index (χ2v) is 11.2. The number of para-hydroxylation sites is 1. The van der Waals surface area contributed by atoms with Gasteiger partial charge in [0, 0.05) is 32.7 Å². The summed E-state index contributed by atoms with van der Waals surface area (Å²) in [5.41, 5.74) is -0.137. The summed E-state index contributed by atoms with van der Waals surface area (Å²) >= 11 is 0. The van der Waals surface area contributed by atoms with E-state index in [0.717, 1.165) is 62.7 Å². The van der Waals surface area contributed by atoms with E-state index >= 15 is 0 Å². The molecule has 2 aliphatic carbocycles. The van der Waals surface area contributed by atoms with Gasteiger partial charge in [0.05, 0.1) is 11.5 Å². The maximum atomic E-state index is 14.1. The fourth-order valence-corrected chi connectivity index (χ4v) is 6.59. The maximum absolute atomic E-state index is 14.1. The normalized spacial score (nSPS) is 22.2. The number of hydrogen-bond acceptors (Lipinski definition) is 4. The molecule has 5 heteroatoms. The molecule has 2 saturated carbocycles. The lowest BCUT2D eigenvalue weighted by Crippen LogP contribution is -2.54. The molecule has 1 unspecified atom stereocenters. The van der Waals surface area contributed by atoms with Gasteiger partial charge < -0.3 is 14.7 Å². The van der Waals surface area contributed by atoms with Crippen LogP contribution in [-0.4, -0.2) is 59.1 Å². The van der Waals surface area contributed by atoms with Gasteiger partial charge in [-0.3, -0.25) is 9.69 Å². The third kappa shape index (κ3) is 6.12. The van der Waals surface area contributed by atoms with Crippen molar-refractivity contribution in [2.45, 2.75) is 75.7 Å². The van der Waals surface area contributed by atoms with Crippen LogP contribution in [0.5, 0.6) is 11.5 Å². The summed E-state index contributed by atoms with van der Waals surface area (Å²) in [7, 11) is 0. The molecule has 1 heterocycles. The first-order chi connectivity index (χ1) is 17.6. The van der Waals surface area contributed by atoms with Gasteiger partial charge in [-0.25, -0.2) is 0 Å². The minimum atomic E-state index is -1.00. The highest BCUT2D eigenvalue weighted by molar-refractivity contribution is 5.85. The Balaban J connectivity index is 1.31. The lowest BCUT2D eigenvalue weighted by molar-refractivity contribution is -0.143. The van der Waals surface area contributed by atoms with Crippen LogP contribution in [-0.2, 0) is 4.79 Å². The van der Waals surface area contributed by atoms with Crippen LogP contribution < -0.4 is 4.74 Å². The SMILES string of the molecule is O=C(C(c1cccc(Oc2ccccc2)c1)C1(O)CCCCC1)N1CCN(CC2CCCCC2)CC1. The summed E-state index contributed by atoms with van der Waals surface area (Å²) < 4.78 is 6.09. The van der Waals surface area contributed by atoms with Crippen LogP contribution >= 0.6 is 0 Å². The van der Waals surface area contributed by atoms with E-state index in [1.165, 1.54) is 38.6 Å². The molecule has 1 atom stereocenters. The van der Waals surface area contributed by atoms with Gasteiger partial charge in [0.1, 0.15) is 11.5 Å². The third-order valence-electron chi connectivity index (χ3n) is 8.60. The zero-order valence-electron chi connectivity index (χ0n) is 21.6. The van der Waals surface area contributed by atoms with Crippen molar-refractivity contribution in [2.75, 3.05) is 32.7 Å². The Morgan fingerprint density at radius 2 is 1.53 bits per heavy atom. The standard InChI is InChI=1S/C31H42N2O3/c34-30(33-21-19-32(20-22-33)24-25-11-4-1-5-12-25)29(31(35)17-8-3-9-18-31)26-13-10-16-28(23-26)36-27-14-6-2-7-15-27/h2,6-7,10,13-16,23,25,29,35H,1,3-5,8-9,11-12,17-22,24H2. The number of nitrogens with zero attached hydrogens (tertiary/aromatic N) is 2. The molecule has 2 aromatic carbocycles. The Bertz CT molecular complexity index is 974. The summed E-state index contributed by atoms with van der Waals surface area (Å²) in [5.74, 6) is 1.82. The number of ether oxygens (including phenoxy) is 1. The van der Waals surface area contributed by atoms with Crippen molar-refractivity contribution in [1.29, 1.82) is 0 Å². The van der Waals surface area contributed by atoms with E-state index < -0.39 is 11.5 Å². The number of hydrogen-bond donors (Lipinski definition) is 1. The minimum Gasteiger partial charge on any atom is -0.457 e. The number of benzene rings is 2. The molecule has 5 nitrogen and oxygen atoms in total. The molecule has 3 fully saturated rings.